The second-order valence-electron chi connectivity index (χ2n) is 10.9. The van der Waals surface area contributed by atoms with Crippen LogP contribution in [-0.4, -0.2) is 78.6 Å². The summed E-state index contributed by atoms with van der Waals surface area (Å²) in [5.74, 6) is -1.34. The molecule has 4 aromatic rings. The molecule has 0 fully saturated rings. The Hall–Kier alpha value is -4.96. The predicted molar refractivity (Wildman–Crippen MR) is 163 cm³/mol. The number of amides is 4. The summed E-state index contributed by atoms with van der Waals surface area (Å²) < 4.78 is 5.19. The molecule has 1 aromatic heterocycles. The number of nitrogens with zero attached hydrogens (tertiary/aromatic N) is 3. The van der Waals surface area contributed by atoms with Crippen LogP contribution in [0.5, 0.6) is 0 Å². The summed E-state index contributed by atoms with van der Waals surface area (Å²) in [4.78, 5) is 56.9. The molecule has 1 aliphatic heterocycles. The number of primary amides is 1. The van der Waals surface area contributed by atoms with Gasteiger partial charge in [-0.15, -0.1) is 0 Å². The fraction of sp³-hybridized carbons (Fsp3) is 0.273. The number of carbonyl (C=O) groups excluding carboxylic acids is 4. The molecule has 5 rings (SSSR count). The molecular formula is C33H35N5O5. The number of nitrogens with one attached hydrogen (secondary N) is 1. The quantitative estimate of drug-likeness (QED) is 0.278. The Morgan fingerprint density at radius 3 is 2.53 bits per heavy atom. The van der Waals surface area contributed by atoms with Gasteiger partial charge in [-0.3, -0.25) is 19.2 Å². The van der Waals surface area contributed by atoms with Crippen LogP contribution >= 0.6 is 0 Å². The zero-order valence-corrected chi connectivity index (χ0v) is 24.3. The Labute approximate surface area is 250 Å². The van der Waals surface area contributed by atoms with Crippen LogP contribution in [0.4, 0.5) is 5.69 Å². The van der Waals surface area contributed by atoms with Crippen LogP contribution in [0, 0.1) is 0 Å². The summed E-state index contributed by atoms with van der Waals surface area (Å²) in [5.41, 5.74) is 8.20. The van der Waals surface area contributed by atoms with Gasteiger partial charge in [-0.2, -0.15) is 0 Å². The van der Waals surface area contributed by atoms with Crippen molar-refractivity contribution < 1.29 is 23.6 Å². The number of anilines is 1. The van der Waals surface area contributed by atoms with Crippen molar-refractivity contribution in [3.8, 4) is 0 Å². The van der Waals surface area contributed by atoms with E-state index in [0.717, 1.165) is 21.9 Å². The first-order chi connectivity index (χ1) is 20.7. The van der Waals surface area contributed by atoms with Gasteiger partial charge >= 0.3 is 0 Å². The van der Waals surface area contributed by atoms with Gasteiger partial charge < -0.3 is 30.2 Å². The van der Waals surface area contributed by atoms with E-state index in [1.165, 1.54) is 11.2 Å². The highest BCUT2D eigenvalue weighted by atomic mass is 16.3. The van der Waals surface area contributed by atoms with Gasteiger partial charge in [0.15, 0.2) is 5.76 Å². The number of furan rings is 1. The lowest BCUT2D eigenvalue weighted by Gasteiger charge is -2.38. The molecule has 10 nitrogen and oxygen atoms in total. The number of hydrogen-bond donors (Lipinski definition) is 2. The predicted octanol–water partition coefficient (Wildman–Crippen LogP) is 3.69. The van der Waals surface area contributed by atoms with Crippen molar-refractivity contribution in [2.24, 2.45) is 5.73 Å². The molecule has 0 bridgehead atoms. The van der Waals surface area contributed by atoms with Gasteiger partial charge in [-0.1, -0.05) is 48.5 Å². The molecular weight excluding hydrogens is 546 g/mol. The molecule has 43 heavy (non-hydrogen) atoms. The van der Waals surface area contributed by atoms with Gasteiger partial charge in [0.25, 0.3) is 11.8 Å². The molecule has 4 amide bonds. The van der Waals surface area contributed by atoms with Crippen LogP contribution in [0.3, 0.4) is 0 Å². The average molecular weight is 582 g/mol. The van der Waals surface area contributed by atoms with Crippen molar-refractivity contribution in [2.45, 2.75) is 18.9 Å². The molecule has 3 aromatic carbocycles. The lowest BCUT2D eigenvalue weighted by molar-refractivity contribution is -0.135. The van der Waals surface area contributed by atoms with Gasteiger partial charge in [-0.25, -0.2) is 0 Å². The Morgan fingerprint density at radius 1 is 1.00 bits per heavy atom. The highest BCUT2D eigenvalue weighted by molar-refractivity contribution is 6.04. The number of rotatable bonds is 11. The van der Waals surface area contributed by atoms with E-state index in [0.29, 0.717) is 30.8 Å². The first-order valence-electron chi connectivity index (χ1n) is 14.2. The molecule has 1 unspecified atom stereocenters. The maximum atomic E-state index is 14.2. The van der Waals surface area contributed by atoms with Crippen LogP contribution in [0.1, 0.15) is 44.5 Å². The Bertz CT molecular complexity index is 1640. The highest BCUT2D eigenvalue weighted by Crippen LogP contribution is 2.37. The van der Waals surface area contributed by atoms with E-state index in [-0.39, 0.29) is 43.1 Å². The first kappa shape index (κ1) is 29.5. The minimum absolute atomic E-state index is 0.0258. The molecule has 1 aliphatic rings. The van der Waals surface area contributed by atoms with Gasteiger partial charge in [0.05, 0.1) is 18.8 Å². The summed E-state index contributed by atoms with van der Waals surface area (Å²) >= 11 is 0. The number of benzene rings is 3. The maximum absolute atomic E-state index is 14.2. The fourth-order valence-corrected chi connectivity index (χ4v) is 5.50. The third-order valence-corrected chi connectivity index (χ3v) is 7.66. The van der Waals surface area contributed by atoms with E-state index in [2.05, 4.69) is 5.32 Å². The SMILES string of the molecule is CN(C)CCN(CC(N)=O)C(=O)CCN1C(=O)c2cc(NC(=O)c3ccco3)ccc2CC1c1cccc2ccccc12. The van der Waals surface area contributed by atoms with Crippen molar-refractivity contribution in [3.63, 3.8) is 0 Å². The second-order valence-corrected chi connectivity index (χ2v) is 10.9. The van der Waals surface area contributed by atoms with Crippen molar-refractivity contribution in [1.82, 2.24) is 14.7 Å². The minimum Gasteiger partial charge on any atom is -0.459 e. The standard InChI is InChI=1S/C33H35N5O5/c1-36(2)16-17-37(21-30(34)39)31(40)14-15-38-28(26-10-5-8-22-7-3-4-9-25(22)26)19-23-12-13-24(20-27(23)33(38)42)35-32(41)29-11-6-18-43-29/h3-13,18,20,28H,14-17,19,21H2,1-2H3,(H2,34,39)(H,35,41). The Morgan fingerprint density at radius 2 is 1.79 bits per heavy atom. The molecule has 2 heterocycles. The molecule has 222 valence electrons. The zero-order chi connectivity index (χ0) is 30.5. The van der Waals surface area contributed by atoms with Crippen molar-refractivity contribution in [1.29, 1.82) is 0 Å². The van der Waals surface area contributed by atoms with Crippen molar-refractivity contribution in [2.75, 3.05) is 45.6 Å². The molecule has 0 saturated heterocycles. The number of nitrogens with two attached hydrogens (primary N) is 1. The van der Waals surface area contributed by atoms with E-state index < -0.39 is 11.8 Å². The number of likely N-dealkylation sites (N-methyl/N-ethyl adjacent to an activating group) is 1. The summed E-state index contributed by atoms with van der Waals surface area (Å²) in [5, 5.41) is 4.88. The third kappa shape index (κ3) is 6.76. The van der Waals surface area contributed by atoms with Crippen molar-refractivity contribution in [3.05, 3.63) is 102 Å². The second kappa shape index (κ2) is 12.9. The lowest BCUT2D eigenvalue weighted by Crippen LogP contribution is -2.45. The van der Waals surface area contributed by atoms with E-state index in [1.54, 1.807) is 29.2 Å². The normalized spacial score (nSPS) is 14.5. The molecule has 1 atom stereocenters. The summed E-state index contributed by atoms with van der Waals surface area (Å²) in [6.45, 7) is 0.872. The van der Waals surface area contributed by atoms with Gasteiger partial charge in [0.1, 0.15) is 0 Å². The lowest BCUT2D eigenvalue weighted by atomic mass is 9.87. The molecule has 0 spiro atoms. The van der Waals surface area contributed by atoms with Crippen LogP contribution in [0.15, 0.2) is 83.5 Å². The Balaban J connectivity index is 1.46. The van der Waals surface area contributed by atoms with Crippen LogP contribution < -0.4 is 11.1 Å². The molecule has 0 aliphatic carbocycles. The average Bonchev–Trinajstić information content (AvgIpc) is 3.54. The van der Waals surface area contributed by atoms with Gasteiger partial charge in [0, 0.05) is 37.3 Å². The fourth-order valence-electron chi connectivity index (χ4n) is 5.50. The molecule has 3 N–H and O–H groups in total. The van der Waals surface area contributed by atoms with Crippen LogP contribution in [0.2, 0.25) is 0 Å². The number of carbonyl (C=O) groups is 4. The minimum atomic E-state index is -0.590. The summed E-state index contributed by atoms with van der Waals surface area (Å²) in [6.07, 6.45) is 1.97. The molecule has 0 radical (unpaired) electrons. The van der Waals surface area contributed by atoms with E-state index in [9.17, 15) is 19.2 Å². The van der Waals surface area contributed by atoms with Gasteiger partial charge in [0.2, 0.25) is 11.8 Å². The topological polar surface area (TPSA) is 129 Å². The monoisotopic (exact) mass is 581 g/mol. The van der Waals surface area contributed by atoms with Crippen molar-refractivity contribution >= 4 is 40.1 Å². The van der Waals surface area contributed by atoms with E-state index >= 15 is 0 Å². The number of fused-ring (bicyclic) bond motifs is 2. The zero-order valence-electron chi connectivity index (χ0n) is 24.3. The van der Waals surface area contributed by atoms with E-state index in [1.807, 2.05) is 67.5 Å². The molecule has 10 heteroatoms. The number of hydrogen-bond acceptors (Lipinski definition) is 6. The maximum Gasteiger partial charge on any atom is 0.291 e. The first-order valence-corrected chi connectivity index (χ1v) is 14.2. The third-order valence-electron chi connectivity index (χ3n) is 7.66. The highest BCUT2D eigenvalue weighted by Gasteiger charge is 2.35. The largest absolute Gasteiger partial charge is 0.459 e. The van der Waals surface area contributed by atoms with E-state index in [4.69, 9.17) is 10.2 Å². The summed E-state index contributed by atoms with van der Waals surface area (Å²) in [7, 11) is 3.77. The van der Waals surface area contributed by atoms with Gasteiger partial charge in [-0.05, 0) is 66.7 Å². The van der Waals surface area contributed by atoms with Crippen LogP contribution in [-0.2, 0) is 16.0 Å². The van der Waals surface area contributed by atoms with Crippen LogP contribution in [0.25, 0.3) is 10.8 Å². The summed E-state index contributed by atoms with van der Waals surface area (Å²) in [6, 6.07) is 22.2. The Kier molecular flexibility index (Phi) is 8.87. The smallest absolute Gasteiger partial charge is 0.291 e. The molecule has 0 saturated carbocycles.